The molecule has 5 aromatic rings. The lowest BCUT2D eigenvalue weighted by Gasteiger charge is -2.41. The van der Waals surface area contributed by atoms with Crippen LogP contribution in [0.15, 0.2) is 71.8 Å². The second-order valence-electron chi connectivity index (χ2n) is 14.0. The Hall–Kier alpha value is -4.72. The summed E-state index contributed by atoms with van der Waals surface area (Å²) in [6.45, 7) is 2.15. The van der Waals surface area contributed by atoms with Crippen LogP contribution in [0.5, 0.6) is 5.88 Å². The number of amides is 2. The summed E-state index contributed by atoms with van der Waals surface area (Å²) in [5.41, 5.74) is 4.26. The Balaban J connectivity index is 1.15. The average molecular weight is 792 g/mol. The standard InChI is InChI=1S/C39H37Cl3N6O6/c1-39(53)15-24(16-39)43-17-22-18-44-32-13-21(11-12-48(32)37(22)50)25-5-3-6-26(34(25)41)27-7-4-8-28(35(27)42)31-14-30(40)29(36(46-31)54-2)20-47(38(51)52)19-23-9-10-33(49)45-23/h3-8,11-14,18,23-24,43,53H,9-10,15-17,19-20H2,1-2H3,(H,45,49)(H,51,52)/t23-,24?,39?/m0/s1. The Bertz CT molecular complexity index is 2340. The molecule has 1 saturated heterocycles. The van der Waals surface area contributed by atoms with Gasteiger partial charge in [-0.1, -0.05) is 71.2 Å². The van der Waals surface area contributed by atoms with Crippen molar-refractivity contribution in [3.63, 3.8) is 0 Å². The third kappa shape index (κ3) is 7.62. The van der Waals surface area contributed by atoms with Gasteiger partial charge in [0, 0.05) is 66.2 Å². The van der Waals surface area contributed by atoms with Crippen molar-refractivity contribution in [2.45, 2.75) is 63.4 Å². The molecule has 4 N–H and O–H groups in total. The van der Waals surface area contributed by atoms with E-state index in [4.69, 9.17) is 39.5 Å². The number of methoxy groups -OCH3 is 1. The molecule has 4 heterocycles. The topological polar surface area (TPSA) is 158 Å². The average Bonchev–Trinajstić information content (AvgIpc) is 3.55. The minimum atomic E-state index is -1.17. The van der Waals surface area contributed by atoms with Gasteiger partial charge in [0.15, 0.2) is 0 Å². The van der Waals surface area contributed by atoms with Crippen molar-refractivity contribution in [1.29, 1.82) is 0 Å². The van der Waals surface area contributed by atoms with E-state index in [0.29, 0.717) is 87.0 Å². The number of aromatic nitrogens is 3. The quantitative estimate of drug-likeness (QED) is 0.113. The highest BCUT2D eigenvalue weighted by atomic mass is 35.5. The maximum atomic E-state index is 13.3. The summed E-state index contributed by atoms with van der Waals surface area (Å²) in [5.74, 6) is 0.0311. The fraction of sp³-hybridized carbons (Fsp3) is 0.308. The van der Waals surface area contributed by atoms with Crippen LogP contribution in [0.2, 0.25) is 15.1 Å². The van der Waals surface area contributed by atoms with Crippen molar-refractivity contribution in [3.8, 4) is 39.4 Å². The number of benzene rings is 2. The fourth-order valence-electron chi connectivity index (χ4n) is 7.15. The lowest BCUT2D eigenvalue weighted by Crippen LogP contribution is -2.51. The van der Waals surface area contributed by atoms with Gasteiger partial charge in [-0.15, -0.1) is 0 Å². The summed E-state index contributed by atoms with van der Waals surface area (Å²) in [6, 6.07) is 16.2. The number of carboxylic acid groups (broad SMARTS) is 1. The van der Waals surface area contributed by atoms with Crippen molar-refractivity contribution >= 4 is 52.5 Å². The third-order valence-corrected chi connectivity index (χ3v) is 11.1. The van der Waals surface area contributed by atoms with E-state index in [1.165, 1.54) is 16.4 Å². The molecule has 280 valence electrons. The van der Waals surface area contributed by atoms with Crippen LogP contribution in [0.25, 0.3) is 39.2 Å². The predicted molar refractivity (Wildman–Crippen MR) is 207 cm³/mol. The highest BCUT2D eigenvalue weighted by molar-refractivity contribution is 6.39. The summed E-state index contributed by atoms with van der Waals surface area (Å²) in [6.07, 6.45) is 4.27. The molecular weight excluding hydrogens is 755 g/mol. The van der Waals surface area contributed by atoms with E-state index in [0.717, 1.165) is 5.56 Å². The molecule has 2 aliphatic rings. The maximum Gasteiger partial charge on any atom is 0.407 e. The van der Waals surface area contributed by atoms with E-state index >= 15 is 0 Å². The number of nitrogens with zero attached hydrogens (tertiary/aromatic N) is 4. The van der Waals surface area contributed by atoms with Crippen molar-refractivity contribution in [2.24, 2.45) is 0 Å². The van der Waals surface area contributed by atoms with Crippen LogP contribution in [0.4, 0.5) is 4.79 Å². The highest BCUT2D eigenvalue weighted by Gasteiger charge is 2.38. The number of hydrogen-bond acceptors (Lipinski definition) is 8. The molecule has 12 nitrogen and oxygen atoms in total. The van der Waals surface area contributed by atoms with E-state index in [9.17, 15) is 24.6 Å². The number of aliphatic hydroxyl groups is 1. The summed E-state index contributed by atoms with van der Waals surface area (Å²) in [7, 11) is 1.43. The van der Waals surface area contributed by atoms with Crippen LogP contribution >= 0.6 is 34.8 Å². The number of ether oxygens (including phenoxy) is 1. The zero-order valence-corrected chi connectivity index (χ0v) is 31.7. The van der Waals surface area contributed by atoms with Crippen LogP contribution in [-0.4, -0.2) is 72.8 Å². The second kappa shape index (κ2) is 15.2. The molecule has 2 fully saturated rings. The van der Waals surface area contributed by atoms with Gasteiger partial charge in [-0.2, -0.15) is 0 Å². The van der Waals surface area contributed by atoms with E-state index in [2.05, 4.69) is 20.6 Å². The SMILES string of the molecule is COc1nc(-c2cccc(-c3cccc(-c4ccn5c(=O)c(CNC6CC(C)(O)C6)cnc5c4)c3Cl)c2Cl)cc(Cl)c1CN(C[C@@H]1CCC(=O)N1)C(=O)O. The molecule has 15 heteroatoms. The lowest BCUT2D eigenvalue weighted by molar-refractivity contribution is -0.119. The van der Waals surface area contributed by atoms with Crippen LogP contribution in [0.3, 0.4) is 0 Å². The summed E-state index contributed by atoms with van der Waals surface area (Å²) in [4.78, 5) is 47.5. The molecule has 7 rings (SSSR count). The van der Waals surface area contributed by atoms with Gasteiger partial charge >= 0.3 is 6.09 Å². The molecule has 3 aromatic heterocycles. The molecule has 1 aliphatic heterocycles. The minimum absolute atomic E-state index is 0.0929. The first-order valence-corrected chi connectivity index (χ1v) is 18.5. The Kier molecular flexibility index (Phi) is 10.6. The molecule has 54 heavy (non-hydrogen) atoms. The van der Waals surface area contributed by atoms with E-state index < -0.39 is 11.7 Å². The molecule has 2 amide bonds. The van der Waals surface area contributed by atoms with Gasteiger partial charge in [-0.3, -0.25) is 14.0 Å². The lowest BCUT2D eigenvalue weighted by atomic mass is 9.77. The number of carbonyl (C=O) groups excluding carboxylic acids is 1. The van der Waals surface area contributed by atoms with Crippen molar-refractivity contribution < 1.29 is 24.5 Å². The van der Waals surface area contributed by atoms with Crippen molar-refractivity contribution in [1.82, 2.24) is 29.9 Å². The van der Waals surface area contributed by atoms with E-state index in [1.807, 2.05) is 36.4 Å². The third-order valence-electron chi connectivity index (χ3n) is 9.98. The normalized spacial score (nSPS) is 19.4. The monoisotopic (exact) mass is 790 g/mol. The molecule has 0 spiro atoms. The van der Waals surface area contributed by atoms with Crippen LogP contribution < -0.4 is 20.9 Å². The minimum Gasteiger partial charge on any atom is -0.481 e. The van der Waals surface area contributed by atoms with Gasteiger partial charge in [0.25, 0.3) is 5.56 Å². The molecule has 0 radical (unpaired) electrons. The first-order valence-electron chi connectivity index (χ1n) is 17.4. The van der Waals surface area contributed by atoms with Gasteiger partial charge < -0.3 is 30.5 Å². The van der Waals surface area contributed by atoms with Crippen molar-refractivity contribution in [2.75, 3.05) is 13.7 Å². The molecule has 0 bridgehead atoms. The largest absolute Gasteiger partial charge is 0.481 e. The van der Waals surface area contributed by atoms with Gasteiger partial charge in [-0.25, -0.2) is 14.8 Å². The summed E-state index contributed by atoms with van der Waals surface area (Å²) >= 11 is 20.9. The van der Waals surface area contributed by atoms with E-state index in [-0.39, 0.29) is 47.5 Å². The van der Waals surface area contributed by atoms with Gasteiger partial charge in [0.2, 0.25) is 11.8 Å². The Morgan fingerprint density at radius 2 is 1.74 bits per heavy atom. The number of halogens is 3. The number of fused-ring (bicyclic) bond motifs is 1. The number of carbonyl (C=O) groups is 2. The Labute approximate surface area is 325 Å². The molecule has 1 saturated carbocycles. The number of nitrogens with one attached hydrogen (secondary N) is 2. The zero-order chi connectivity index (χ0) is 38.3. The highest BCUT2D eigenvalue weighted by Crippen LogP contribution is 2.43. The second-order valence-corrected chi connectivity index (χ2v) is 15.2. The number of rotatable bonds is 11. The zero-order valence-electron chi connectivity index (χ0n) is 29.4. The number of hydrogen-bond donors (Lipinski definition) is 4. The summed E-state index contributed by atoms with van der Waals surface area (Å²) in [5, 5.41) is 27.1. The smallest absolute Gasteiger partial charge is 0.407 e. The molecule has 1 aliphatic carbocycles. The fourth-order valence-corrected chi connectivity index (χ4v) is 8.06. The van der Waals surface area contributed by atoms with Crippen LogP contribution in [0, 0.1) is 0 Å². The molecular formula is C39H37Cl3N6O6. The molecule has 2 aromatic carbocycles. The molecule has 0 unspecified atom stereocenters. The van der Waals surface area contributed by atoms with Gasteiger partial charge in [0.1, 0.15) is 5.65 Å². The maximum absolute atomic E-state index is 13.3. The predicted octanol–water partition coefficient (Wildman–Crippen LogP) is 6.82. The van der Waals surface area contributed by atoms with Gasteiger partial charge in [0.05, 0.1) is 51.1 Å². The number of pyridine rings is 2. The van der Waals surface area contributed by atoms with E-state index in [1.54, 1.807) is 37.5 Å². The van der Waals surface area contributed by atoms with Crippen molar-refractivity contribution in [3.05, 3.63) is 104 Å². The Morgan fingerprint density at radius 1 is 1.06 bits per heavy atom. The Morgan fingerprint density at radius 3 is 2.39 bits per heavy atom. The van der Waals surface area contributed by atoms with Gasteiger partial charge in [-0.05, 0) is 49.9 Å². The van der Waals surface area contributed by atoms with Crippen LogP contribution in [0.1, 0.15) is 43.7 Å². The van der Waals surface area contributed by atoms with Crippen LogP contribution in [-0.2, 0) is 17.9 Å². The first kappa shape index (κ1) is 37.6. The molecule has 1 atom stereocenters. The first-order chi connectivity index (χ1) is 25.8. The summed E-state index contributed by atoms with van der Waals surface area (Å²) < 4.78 is 7.09.